The zero-order chi connectivity index (χ0) is 13.9. The molecule has 0 unspecified atom stereocenters. The summed E-state index contributed by atoms with van der Waals surface area (Å²) >= 11 is 1.08. The van der Waals surface area contributed by atoms with Crippen LogP contribution in [0.4, 0.5) is 5.13 Å². The van der Waals surface area contributed by atoms with Gasteiger partial charge in [0.05, 0.1) is 17.4 Å². The van der Waals surface area contributed by atoms with Crippen LogP contribution in [0.5, 0.6) is 0 Å². The Morgan fingerprint density at radius 3 is 2.95 bits per heavy atom. The minimum absolute atomic E-state index is 0.0757. The molecule has 9 heteroatoms. The van der Waals surface area contributed by atoms with E-state index >= 15 is 0 Å². The van der Waals surface area contributed by atoms with E-state index in [9.17, 15) is 8.42 Å². The second-order valence-electron chi connectivity index (χ2n) is 3.47. The van der Waals surface area contributed by atoms with Gasteiger partial charge in [0.15, 0.2) is 10.2 Å². The summed E-state index contributed by atoms with van der Waals surface area (Å²) in [6, 6.07) is 0. The van der Waals surface area contributed by atoms with E-state index in [-0.39, 0.29) is 16.8 Å². The van der Waals surface area contributed by atoms with Gasteiger partial charge in [0.2, 0.25) is 0 Å². The molecular formula is C10H10N4O3S2. The van der Waals surface area contributed by atoms with E-state index in [0.717, 1.165) is 11.3 Å². The number of rotatable bonds is 3. The highest BCUT2D eigenvalue weighted by Gasteiger charge is 2.18. The van der Waals surface area contributed by atoms with Gasteiger partial charge >= 0.3 is 0 Å². The fourth-order valence-corrected chi connectivity index (χ4v) is 3.12. The Morgan fingerprint density at radius 2 is 2.32 bits per heavy atom. The molecule has 2 N–H and O–H groups in total. The van der Waals surface area contributed by atoms with Crippen LogP contribution in [0.25, 0.3) is 0 Å². The lowest BCUT2D eigenvalue weighted by Gasteiger charge is -2.00. The average Bonchev–Trinajstić information content (AvgIpc) is 2.95. The molecule has 0 aliphatic heterocycles. The van der Waals surface area contributed by atoms with Crippen molar-refractivity contribution in [1.29, 1.82) is 0 Å². The lowest BCUT2D eigenvalue weighted by molar-refractivity contribution is 0.350. The molecule has 0 fully saturated rings. The summed E-state index contributed by atoms with van der Waals surface area (Å²) in [5, 5.41) is 8.69. The van der Waals surface area contributed by atoms with Gasteiger partial charge in [-0.15, -0.1) is 0 Å². The summed E-state index contributed by atoms with van der Waals surface area (Å²) in [4.78, 5) is 8.23. The predicted molar refractivity (Wildman–Crippen MR) is 70.1 cm³/mol. The molecule has 0 saturated heterocycles. The van der Waals surface area contributed by atoms with Crippen LogP contribution in [0.3, 0.4) is 0 Å². The Labute approximate surface area is 114 Å². The normalized spacial score (nSPS) is 10.8. The molecule has 0 saturated carbocycles. The summed E-state index contributed by atoms with van der Waals surface area (Å²) in [7, 11) is -2.05. The fraction of sp³-hybridized carbons (Fsp3) is 0.200. The number of aliphatic hydroxyl groups excluding tert-OH is 1. The fourth-order valence-electron chi connectivity index (χ4n) is 1.20. The largest absolute Gasteiger partial charge is 0.384 e. The number of anilines is 1. The van der Waals surface area contributed by atoms with Gasteiger partial charge in [0.25, 0.3) is 10.0 Å². The van der Waals surface area contributed by atoms with Crippen molar-refractivity contribution in [2.24, 2.45) is 7.05 Å². The van der Waals surface area contributed by atoms with Gasteiger partial charge in [-0.25, -0.2) is 9.97 Å². The molecular weight excluding hydrogens is 288 g/mol. The summed E-state index contributed by atoms with van der Waals surface area (Å²) in [5.41, 5.74) is 0. The number of nitrogens with zero attached hydrogens (tertiary/aromatic N) is 3. The highest BCUT2D eigenvalue weighted by molar-refractivity contribution is 7.92. The summed E-state index contributed by atoms with van der Waals surface area (Å²) in [6.45, 7) is -0.257. The van der Waals surface area contributed by atoms with Crippen LogP contribution in [0, 0.1) is 11.8 Å². The Morgan fingerprint density at radius 1 is 1.53 bits per heavy atom. The van der Waals surface area contributed by atoms with Crippen molar-refractivity contribution < 1.29 is 13.5 Å². The monoisotopic (exact) mass is 298 g/mol. The molecule has 2 aromatic rings. The molecule has 2 heterocycles. The Bertz CT molecular complexity index is 736. The molecule has 0 radical (unpaired) electrons. The maximum absolute atomic E-state index is 11.9. The third-order valence-corrected chi connectivity index (χ3v) is 4.16. The highest BCUT2D eigenvalue weighted by Crippen LogP contribution is 2.20. The molecule has 7 nitrogen and oxygen atoms in total. The highest BCUT2D eigenvalue weighted by atomic mass is 32.2. The molecule has 0 aliphatic rings. The number of hydrogen-bond donors (Lipinski definition) is 2. The Hall–Kier alpha value is -1.89. The van der Waals surface area contributed by atoms with Crippen LogP contribution in [0.2, 0.25) is 0 Å². The zero-order valence-electron chi connectivity index (χ0n) is 9.86. The quantitative estimate of drug-likeness (QED) is 0.779. The number of imidazole rings is 1. The van der Waals surface area contributed by atoms with E-state index in [1.54, 1.807) is 7.05 Å². The standard InChI is InChI=1S/C10H10N4O3S2/c1-14-6-9(12-7-14)19(16,17)13-10-11-5-8(18-10)3-2-4-15/h5-7,15H,4H2,1H3,(H,11,13). The van der Waals surface area contributed by atoms with Crippen LogP contribution in [0.1, 0.15) is 4.88 Å². The van der Waals surface area contributed by atoms with Crippen LogP contribution in [-0.4, -0.2) is 34.7 Å². The summed E-state index contributed by atoms with van der Waals surface area (Å²) in [6.07, 6.45) is 4.22. The van der Waals surface area contributed by atoms with Crippen LogP contribution >= 0.6 is 11.3 Å². The third-order valence-electron chi connectivity index (χ3n) is 1.97. The number of hydrogen-bond acceptors (Lipinski definition) is 6. The molecule has 0 amide bonds. The average molecular weight is 298 g/mol. The lowest BCUT2D eigenvalue weighted by atomic mass is 10.5. The van der Waals surface area contributed by atoms with E-state index in [0.29, 0.717) is 4.88 Å². The van der Waals surface area contributed by atoms with Crippen molar-refractivity contribution in [3.05, 3.63) is 23.6 Å². The van der Waals surface area contributed by atoms with Crippen molar-refractivity contribution >= 4 is 26.5 Å². The van der Waals surface area contributed by atoms with Crippen LogP contribution < -0.4 is 4.72 Å². The lowest BCUT2D eigenvalue weighted by Crippen LogP contribution is -2.13. The second-order valence-corrected chi connectivity index (χ2v) is 6.13. The van der Waals surface area contributed by atoms with Gasteiger partial charge in [-0.3, -0.25) is 4.72 Å². The van der Waals surface area contributed by atoms with Gasteiger partial charge in [-0.05, 0) is 0 Å². The van der Waals surface area contributed by atoms with E-state index in [1.165, 1.54) is 23.3 Å². The first-order chi connectivity index (χ1) is 9.01. The topological polar surface area (TPSA) is 97.1 Å². The van der Waals surface area contributed by atoms with Gasteiger partial charge in [-0.1, -0.05) is 23.2 Å². The number of aromatic nitrogens is 3. The van der Waals surface area contributed by atoms with E-state index < -0.39 is 10.0 Å². The maximum atomic E-state index is 11.9. The van der Waals surface area contributed by atoms with E-state index in [1.807, 2.05) is 0 Å². The molecule has 0 atom stereocenters. The number of aryl methyl sites for hydroxylation is 1. The number of thiazole rings is 1. The maximum Gasteiger partial charge on any atom is 0.282 e. The number of nitrogens with one attached hydrogen (secondary N) is 1. The SMILES string of the molecule is Cn1cnc(S(=O)(=O)Nc2ncc(C#CCO)s2)c1. The summed E-state index contributed by atoms with van der Waals surface area (Å²) < 4.78 is 27.7. The van der Waals surface area contributed by atoms with Crippen molar-refractivity contribution in [3.8, 4) is 11.8 Å². The molecule has 2 aromatic heterocycles. The van der Waals surface area contributed by atoms with Gasteiger partial charge in [0, 0.05) is 13.2 Å². The first kappa shape index (κ1) is 13.5. The smallest absolute Gasteiger partial charge is 0.282 e. The molecule has 2 rings (SSSR count). The first-order valence-corrected chi connectivity index (χ1v) is 7.37. The van der Waals surface area contributed by atoms with Gasteiger partial charge < -0.3 is 9.67 Å². The van der Waals surface area contributed by atoms with Crippen LogP contribution in [0.15, 0.2) is 23.7 Å². The number of sulfonamides is 1. The first-order valence-electron chi connectivity index (χ1n) is 5.07. The third kappa shape index (κ3) is 3.31. The van der Waals surface area contributed by atoms with Gasteiger partial charge in [-0.2, -0.15) is 8.42 Å². The van der Waals surface area contributed by atoms with Crippen LogP contribution in [-0.2, 0) is 17.1 Å². The Kier molecular flexibility index (Phi) is 3.84. The minimum Gasteiger partial charge on any atom is -0.384 e. The predicted octanol–water partition coefficient (Wildman–Crippen LogP) is 0.0212. The van der Waals surface area contributed by atoms with Gasteiger partial charge in [0.1, 0.15) is 6.61 Å². The molecule has 0 bridgehead atoms. The molecule has 0 aromatic carbocycles. The Balaban J connectivity index is 2.19. The summed E-state index contributed by atoms with van der Waals surface area (Å²) in [5.74, 6) is 5.10. The van der Waals surface area contributed by atoms with E-state index in [2.05, 4.69) is 26.5 Å². The molecule has 0 spiro atoms. The van der Waals surface area contributed by atoms with Crippen molar-refractivity contribution in [2.45, 2.75) is 5.03 Å². The minimum atomic E-state index is -3.73. The molecule has 19 heavy (non-hydrogen) atoms. The van der Waals surface area contributed by atoms with Crippen molar-refractivity contribution in [3.63, 3.8) is 0 Å². The second kappa shape index (κ2) is 5.40. The molecule has 100 valence electrons. The van der Waals surface area contributed by atoms with E-state index in [4.69, 9.17) is 5.11 Å². The zero-order valence-corrected chi connectivity index (χ0v) is 11.5. The molecule has 0 aliphatic carbocycles. The number of aliphatic hydroxyl groups is 1. The van der Waals surface area contributed by atoms with Crippen molar-refractivity contribution in [2.75, 3.05) is 11.3 Å². The van der Waals surface area contributed by atoms with Crippen molar-refractivity contribution in [1.82, 2.24) is 14.5 Å².